The molecule has 0 aliphatic rings. The largest absolute Gasteiger partial charge is 0.474 e. The smallest absolute Gasteiger partial charge is 0.192 e. The second-order valence-corrected chi connectivity index (χ2v) is 1.89. The predicted octanol–water partition coefficient (Wildman–Crippen LogP) is 1.26. The number of hydrogen-bond donors (Lipinski definition) is 2. The Morgan fingerprint density at radius 3 is 2.67 bits per heavy atom. The van der Waals surface area contributed by atoms with E-state index < -0.39 is 5.56 Å². The van der Waals surface area contributed by atoms with Gasteiger partial charge >= 0.3 is 0 Å². The Morgan fingerprint density at radius 1 is 1.56 bits per heavy atom. The molecule has 0 heterocycles. The fourth-order valence-corrected chi connectivity index (χ4v) is 0.353. The normalized spacial score (nSPS) is 15.0. The summed E-state index contributed by atoms with van der Waals surface area (Å²) < 4.78 is 4.75. The molecule has 0 aromatic carbocycles. The van der Waals surface area contributed by atoms with Crippen LogP contribution in [-0.2, 0) is 4.74 Å². The SMILES string of the molecule is CC=CC=COC(N)S. The van der Waals surface area contributed by atoms with Crippen LogP contribution in [0.15, 0.2) is 24.5 Å². The first kappa shape index (κ1) is 8.59. The van der Waals surface area contributed by atoms with Gasteiger partial charge in [0.2, 0.25) is 0 Å². The molecule has 0 radical (unpaired) electrons. The van der Waals surface area contributed by atoms with E-state index >= 15 is 0 Å². The molecule has 0 spiro atoms. The van der Waals surface area contributed by atoms with Gasteiger partial charge in [0.25, 0.3) is 0 Å². The Hall–Kier alpha value is -0.410. The maximum Gasteiger partial charge on any atom is 0.192 e. The Labute approximate surface area is 60.8 Å². The van der Waals surface area contributed by atoms with E-state index in [9.17, 15) is 0 Å². The molecule has 0 aromatic heterocycles. The average molecular weight is 145 g/mol. The van der Waals surface area contributed by atoms with Gasteiger partial charge in [0.15, 0.2) is 5.56 Å². The molecule has 0 aromatic rings. The summed E-state index contributed by atoms with van der Waals surface area (Å²) in [6.07, 6.45) is 6.98. The number of rotatable bonds is 3. The second kappa shape index (κ2) is 5.72. The molecule has 2 N–H and O–H groups in total. The van der Waals surface area contributed by atoms with Gasteiger partial charge in [-0.3, -0.25) is 5.73 Å². The van der Waals surface area contributed by atoms with Gasteiger partial charge in [0.05, 0.1) is 6.26 Å². The highest BCUT2D eigenvalue weighted by Crippen LogP contribution is 1.88. The van der Waals surface area contributed by atoms with Gasteiger partial charge in [-0.1, -0.05) is 12.2 Å². The van der Waals surface area contributed by atoms with Gasteiger partial charge in [-0.15, -0.1) is 12.6 Å². The van der Waals surface area contributed by atoms with Gasteiger partial charge in [0, 0.05) is 0 Å². The lowest BCUT2D eigenvalue weighted by Gasteiger charge is -1.99. The molecule has 1 unspecified atom stereocenters. The average Bonchev–Trinajstić information content (AvgIpc) is 1.80. The fraction of sp³-hybridized carbons (Fsp3) is 0.333. The summed E-state index contributed by atoms with van der Waals surface area (Å²) >= 11 is 3.78. The molecule has 1 atom stereocenters. The van der Waals surface area contributed by atoms with E-state index in [4.69, 9.17) is 10.5 Å². The van der Waals surface area contributed by atoms with Crippen LogP contribution in [0.2, 0.25) is 0 Å². The Kier molecular flexibility index (Phi) is 5.46. The number of hydrogen-bond acceptors (Lipinski definition) is 3. The predicted molar refractivity (Wildman–Crippen MR) is 42.0 cm³/mol. The van der Waals surface area contributed by atoms with Crippen molar-refractivity contribution in [2.24, 2.45) is 5.73 Å². The van der Waals surface area contributed by atoms with E-state index in [1.54, 1.807) is 6.08 Å². The number of thiol groups is 1. The van der Waals surface area contributed by atoms with E-state index in [1.165, 1.54) is 6.26 Å². The summed E-state index contributed by atoms with van der Waals surface area (Å²) in [6, 6.07) is 0. The third-order valence-electron chi connectivity index (χ3n) is 0.600. The maximum atomic E-state index is 5.14. The van der Waals surface area contributed by atoms with E-state index in [0.717, 1.165) is 0 Å². The first-order valence-corrected chi connectivity index (χ1v) is 3.16. The van der Waals surface area contributed by atoms with E-state index in [0.29, 0.717) is 0 Å². The number of allylic oxidation sites excluding steroid dienone is 3. The molecule has 3 heteroatoms. The van der Waals surface area contributed by atoms with Gasteiger partial charge in [-0.25, -0.2) is 0 Å². The van der Waals surface area contributed by atoms with Crippen molar-refractivity contribution in [1.29, 1.82) is 0 Å². The summed E-state index contributed by atoms with van der Waals surface area (Å²) in [7, 11) is 0. The molecule has 0 aliphatic carbocycles. The zero-order chi connectivity index (χ0) is 7.11. The lowest BCUT2D eigenvalue weighted by Crippen LogP contribution is -2.12. The van der Waals surface area contributed by atoms with Crippen molar-refractivity contribution < 1.29 is 4.74 Å². The maximum absolute atomic E-state index is 5.14. The zero-order valence-corrected chi connectivity index (χ0v) is 6.21. The Balaban J connectivity index is 3.25. The third kappa shape index (κ3) is 7.59. The molecule has 0 saturated heterocycles. The van der Waals surface area contributed by atoms with Gasteiger partial charge in [-0.05, 0) is 13.0 Å². The van der Waals surface area contributed by atoms with Gasteiger partial charge < -0.3 is 4.74 Å². The third-order valence-corrected chi connectivity index (χ3v) is 0.722. The number of ether oxygens (including phenoxy) is 1. The van der Waals surface area contributed by atoms with Crippen molar-refractivity contribution in [2.45, 2.75) is 12.5 Å². The van der Waals surface area contributed by atoms with E-state index in [2.05, 4.69) is 12.6 Å². The minimum atomic E-state index is -0.522. The highest BCUT2D eigenvalue weighted by Gasteiger charge is 1.83. The molecular weight excluding hydrogens is 134 g/mol. The lowest BCUT2D eigenvalue weighted by molar-refractivity contribution is 0.231. The van der Waals surface area contributed by atoms with Crippen LogP contribution in [0.1, 0.15) is 6.92 Å². The van der Waals surface area contributed by atoms with Crippen molar-refractivity contribution in [2.75, 3.05) is 0 Å². The molecule has 9 heavy (non-hydrogen) atoms. The molecule has 0 rings (SSSR count). The minimum absolute atomic E-state index is 0.522. The van der Waals surface area contributed by atoms with Crippen LogP contribution in [0.3, 0.4) is 0 Å². The van der Waals surface area contributed by atoms with Crippen LogP contribution in [0.25, 0.3) is 0 Å². The molecule has 0 aliphatic heterocycles. The summed E-state index contributed by atoms with van der Waals surface area (Å²) in [5.41, 5.74) is 4.62. The van der Waals surface area contributed by atoms with Crippen molar-refractivity contribution in [3.63, 3.8) is 0 Å². The summed E-state index contributed by atoms with van der Waals surface area (Å²) in [5, 5.41) is 0. The molecule has 52 valence electrons. The highest BCUT2D eigenvalue weighted by atomic mass is 32.1. The van der Waals surface area contributed by atoms with E-state index in [1.807, 2.05) is 19.1 Å². The van der Waals surface area contributed by atoms with E-state index in [-0.39, 0.29) is 0 Å². The Bertz CT molecular complexity index is 110. The minimum Gasteiger partial charge on any atom is -0.474 e. The summed E-state index contributed by atoms with van der Waals surface area (Å²) in [5.74, 6) is 0. The van der Waals surface area contributed by atoms with Crippen LogP contribution < -0.4 is 5.73 Å². The quantitative estimate of drug-likeness (QED) is 0.271. The highest BCUT2D eigenvalue weighted by molar-refractivity contribution is 7.80. The molecule has 0 amide bonds. The van der Waals surface area contributed by atoms with Crippen LogP contribution in [-0.4, -0.2) is 5.56 Å². The Morgan fingerprint density at radius 2 is 2.22 bits per heavy atom. The molecule has 2 nitrogen and oxygen atoms in total. The van der Waals surface area contributed by atoms with Crippen LogP contribution in [0.4, 0.5) is 0 Å². The van der Waals surface area contributed by atoms with Crippen molar-refractivity contribution in [1.82, 2.24) is 0 Å². The van der Waals surface area contributed by atoms with Crippen LogP contribution in [0, 0.1) is 0 Å². The second-order valence-electron chi connectivity index (χ2n) is 1.38. The topological polar surface area (TPSA) is 35.2 Å². The first-order valence-electron chi connectivity index (χ1n) is 2.64. The van der Waals surface area contributed by atoms with Gasteiger partial charge in [-0.2, -0.15) is 0 Å². The summed E-state index contributed by atoms with van der Waals surface area (Å²) in [6.45, 7) is 1.92. The molecule has 0 bridgehead atoms. The monoisotopic (exact) mass is 145 g/mol. The molecular formula is C6H11NOS. The van der Waals surface area contributed by atoms with Crippen LogP contribution in [0.5, 0.6) is 0 Å². The van der Waals surface area contributed by atoms with Crippen molar-refractivity contribution in [3.8, 4) is 0 Å². The lowest BCUT2D eigenvalue weighted by atomic mass is 10.5. The standard InChI is InChI=1S/C6H11NOS/c1-2-3-4-5-8-6(7)9/h2-6,9H,7H2,1H3. The fourth-order valence-electron chi connectivity index (χ4n) is 0.282. The van der Waals surface area contributed by atoms with Gasteiger partial charge in [0.1, 0.15) is 0 Å². The van der Waals surface area contributed by atoms with Crippen LogP contribution >= 0.6 is 12.6 Å². The first-order chi connectivity index (χ1) is 4.27. The zero-order valence-electron chi connectivity index (χ0n) is 5.32. The summed E-state index contributed by atoms with van der Waals surface area (Å²) in [4.78, 5) is 0. The number of nitrogens with two attached hydrogens (primary N) is 1. The molecule has 0 saturated carbocycles. The van der Waals surface area contributed by atoms with Crippen molar-refractivity contribution in [3.05, 3.63) is 24.5 Å². The molecule has 0 fully saturated rings. The van der Waals surface area contributed by atoms with Crippen molar-refractivity contribution >= 4 is 12.6 Å².